The van der Waals surface area contributed by atoms with Crippen LogP contribution in [0.2, 0.25) is 0 Å². The molecule has 0 atom stereocenters. The van der Waals surface area contributed by atoms with E-state index in [1.54, 1.807) is 0 Å². The van der Waals surface area contributed by atoms with Gasteiger partial charge >= 0.3 is 0 Å². The first-order chi connectivity index (χ1) is 10.7. The topological polar surface area (TPSA) is 29.3 Å². The minimum atomic E-state index is 0.0262. The SMILES string of the molecule is CN(C)Cc1cnc(C(c2ccccc2)c2ccccc2)o1. The van der Waals surface area contributed by atoms with Gasteiger partial charge in [-0.2, -0.15) is 0 Å². The van der Waals surface area contributed by atoms with Crippen LogP contribution in [0.15, 0.2) is 71.3 Å². The van der Waals surface area contributed by atoms with Gasteiger partial charge < -0.3 is 9.32 Å². The van der Waals surface area contributed by atoms with Crippen LogP contribution >= 0.6 is 0 Å². The molecule has 1 aromatic heterocycles. The molecule has 0 saturated heterocycles. The van der Waals surface area contributed by atoms with Crippen LogP contribution in [-0.4, -0.2) is 24.0 Å². The lowest BCUT2D eigenvalue weighted by molar-refractivity contribution is 0.339. The molecule has 0 aliphatic rings. The molecule has 112 valence electrons. The molecule has 3 aromatic rings. The Kier molecular flexibility index (Phi) is 4.35. The maximum Gasteiger partial charge on any atom is 0.206 e. The second kappa shape index (κ2) is 6.58. The van der Waals surface area contributed by atoms with Crippen LogP contribution in [0.1, 0.15) is 28.7 Å². The van der Waals surface area contributed by atoms with E-state index in [1.165, 1.54) is 11.1 Å². The van der Waals surface area contributed by atoms with Crippen LogP contribution in [0.4, 0.5) is 0 Å². The number of benzene rings is 2. The number of hydrogen-bond donors (Lipinski definition) is 0. The molecule has 1 heterocycles. The quantitative estimate of drug-likeness (QED) is 0.714. The summed E-state index contributed by atoms with van der Waals surface area (Å²) in [6.45, 7) is 0.753. The number of hydrogen-bond acceptors (Lipinski definition) is 3. The summed E-state index contributed by atoms with van der Waals surface area (Å²) in [4.78, 5) is 6.60. The lowest BCUT2D eigenvalue weighted by atomic mass is 9.91. The number of oxazole rings is 1. The van der Waals surface area contributed by atoms with Crippen LogP contribution in [-0.2, 0) is 6.54 Å². The minimum absolute atomic E-state index is 0.0262. The zero-order chi connectivity index (χ0) is 15.4. The van der Waals surface area contributed by atoms with E-state index < -0.39 is 0 Å². The third kappa shape index (κ3) is 3.26. The first kappa shape index (κ1) is 14.5. The largest absolute Gasteiger partial charge is 0.443 e. The lowest BCUT2D eigenvalue weighted by Gasteiger charge is -2.14. The molecule has 0 aliphatic heterocycles. The zero-order valence-corrected chi connectivity index (χ0v) is 12.9. The maximum atomic E-state index is 6.01. The van der Waals surface area contributed by atoms with Gasteiger partial charge in [0.2, 0.25) is 5.89 Å². The van der Waals surface area contributed by atoms with Gasteiger partial charge in [0, 0.05) is 0 Å². The molecule has 0 fully saturated rings. The summed E-state index contributed by atoms with van der Waals surface area (Å²) >= 11 is 0. The highest BCUT2D eigenvalue weighted by Gasteiger charge is 2.21. The fourth-order valence-electron chi connectivity index (χ4n) is 2.61. The van der Waals surface area contributed by atoms with Gasteiger partial charge in [0.25, 0.3) is 0 Å². The fourth-order valence-corrected chi connectivity index (χ4v) is 2.61. The van der Waals surface area contributed by atoms with Crippen molar-refractivity contribution in [3.63, 3.8) is 0 Å². The summed E-state index contributed by atoms with van der Waals surface area (Å²) in [7, 11) is 4.04. The molecule has 0 radical (unpaired) electrons. The van der Waals surface area contributed by atoms with E-state index in [0.717, 1.165) is 18.2 Å². The van der Waals surface area contributed by atoms with Crippen molar-refractivity contribution in [2.24, 2.45) is 0 Å². The summed E-state index contributed by atoms with van der Waals surface area (Å²) in [5.74, 6) is 1.66. The third-order valence-electron chi connectivity index (χ3n) is 3.56. The van der Waals surface area contributed by atoms with Crippen molar-refractivity contribution in [3.05, 3.63) is 89.6 Å². The summed E-state index contributed by atoms with van der Waals surface area (Å²) in [6, 6.07) is 20.7. The van der Waals surface area contributed by atoms with Crippen LogP contribution in [0, 0.1) is 0 Å². The Labute approximate surface area is 131 Å². The highest BCUT2D eigenvalue weighted by atomic mass is 16.4. The number of nitrogens with zero attached hydrogens (tertiary/aromatic N) is 2. The molecule has 3 rings (SSSR count). The predicted molar refractivity (Wildman–Crippen MR) is 87.7 cm³/mol. The molecule has 3 nitrogen and oxygen atoms in total. The van der Waals surface area contributed by atoms with E-state index >= 15 is 0 Å². The summed E-state index contributed by atoms with van der Waals surface area (Å²) in [6.07, 6.45) is 1.83. The lowest BCUT2D eigenvalue weighted by Crippen LogP contribution is -2.09. The summed E-state index contributed by atoms with van der Waals surface area (Å²) < 4.78 is 6.01. The van der Waals surface area contributed by atoms with Gasteiger partial charge in [-0.1, -0.05) is 60.7 Å². The smallest absolute Gasteiger partial charge is 0.206 e. The summed E-state index contributed by atoms with van der Waals surface area (Å²) in [5.41, 5.74) is 2.37. The van der Waals surface area contributed by atoms with Crippen LogP contribution in [0.25, 0.3) is 0 Å². The Morgan fingerprint density at radius 3 is 1.95 bits per heavy atom. The Bertz CT molecular complexity index is 665. The predicted octanol–water partition coefficient (Wildman–Crippen LogP) is 3.92. The van der Waals surface area contributed by atoms with E-state index in [0.29, 0.717) is 0 Å². The third-order valence-corrected chi connectivity index (χ3v) is 3.56. The van der Waals surface area contributed by atoms with Gasteiger partial charge in [0.15, 0.2) is 0 Å². The highest BCUT2D eigenvalue weighted by Crippen LogP contribution is 2.31. The highest BCUT2D eigenvalue weighted by molar-refractivity contribution is 5.37. The van der Waals surface area contributed by atoms with Crippen molar-refractivity contribution in [1.29, 1.82) is 0 Å². The van der Waals surface area contributed by atoms with Crippen molar-refractivity contribution >= 4 is 0 Å². The van der Waals surface area contributed by atoms with E-state index in [2.05, 4.69) is 58.4 Å². The van der Waals surface area contributed by atoms with Crippen molar-refractivity contribution in [1.82, 2.24) is 9.88 Å². The van der Waals surface area contributed by atoms with Gasteiger partial charge in [-0.05, 0) is 25.2 Å². The number of aromatic nitrogens is 1. The second-order valence-electron chi connectivity index (χ2n) is 5.66. The van der Waals surface area contributed by atoms with Crippen molar-refractivity contribution in [2.75, 3.05) is 14.1 Å². The molecule has 0 bridgehead atoms. The Hall–Kier alpha value is -2.39. The molecule has 3 heteroatoms. The molecule has 0 saturated carbocycles. The van der Waals surface area contributed by atoms with Gasteiger partial charge in [0.1, 0.15) is 5.76 Å². The average molecular weight is 292 g/mol. The average Bonchev–Trinajstić information content (AvgIpc) is 2.97. The van der Waals surface area contributed by atoms with Crippen LogP contribution in [0.5, 0.6) is 0 Å². The van der Waals surface area contributed by atoms with Crippen LogP contribution in [0.3, 0.4) is 0 Å². The van der Waals surface area contributed by atoms with E-state index in [4.69, 9.17) is 4.42 Å². The molecule has 0 aliphatic carbocycles. The van der Waals surface area contributed by atoms with E-state index in [9.17, 15) is 0 Å². The van der Waals surface area contributed by atoms with Crippen molar-refractivity contribution < 1.29 is 4.42 Å². The van der Waals surface area contributed by atoms with E-state index in [1.807, 2.05) is 32.4 Å². The minimum Gasteiger partial charge on any atom is -0.443 e. The second-order valence-corrected chi connectivity index (χ2v) is 5.66. The molecular weight excluding hydrogens is 272 g/mol. The van der Waals surface area contributed by atoms with Crippen molar-refractivity contribution in [2.45, 2.75) is 12.5 Å². The molecule has 22 heavy (non-hydrogen) atoms. The molecule has 0 amide bonds. The Balaban J connectivity index is 2.01. The van der Waals surface area contributed by atoms with E-state index in [-0.39, 0.29) is 5.92 Å². The van der Waals surface area contributed by atoms with Gasteiger partial charge in [0.05, 0.1) is 18.7 Å². The normalized spacial score (nSPS) is 11.3. The summed E-state index contributed by atoms with van der Waals surface area (Å²) in [5, 5.41) is 0. The van der Waals surface area contributed by atoms with Crippen LogP contribution < -0.4 is 0 Å². The molecule has 0 spiro atoms. The first-order valence-corrected chi connectivity index (χ1v) is 7.43. The standard InChI is InChI=1S/C19H20N2O/c1-21(2)14-17-13-20-19(22-17)18(15-9-5-3-6-10-15)16-11-7-4-8-12-16/h3-13,18H,14H2,1-2H3. The fraction of sp³-hybridized carbons (Fsp3) is 0.211. The zero-order valence-electron chi connectivity index (χ0n) is 12.9. The number of rotatable bonds is 5. The molecule has 2 aromatic carbocycles. The van der Waals surface area contributed by atoms with Gasteiger partial charge in [-0.3, -0.25) is 0 Å². The Morgan fingerprint density at radius 2 is 1.45 bits per heavy atom. The van der Waals surface area contributed by atoms with Crippen molar-refractivity contribution in [3.8, 4) is 0 Å². The maximum absolute atomic E-state index is 6.01. The molecule has 0 N–H and O–H groups in total. The Morgan fingerprint density at radius 1 is 0.909 bits per heavy atom. The molecule has 0 unspecified atom stereocenters. The van der Waals surface area contributed by atoms with Gasteiger partial charge in [-0.25, -0.2) is 4.98 Å². The first-order valence-electron chi connectivity index (χ1n) is 7.43. The molecular formula is C19H20N2O. The van der Waals surface area contributed by atoms with Gasteiger partial charge in [-0.15, -0.1) is 0 Å². The monoisotopic (exact) mass is 292 g/mol.